The van der Waals surface area contributed by atoms with Gasteiger partial charge in [-0.25, -0.2) is 9.37 Å². The molecule has 9 heteroatoms. The van der Waals surface area contributed by atoms with Crippen LogP contribution in [0.25, 0.3) is 0 Å². The van der Waals surface area contributed by atoms with Crippen molar-refractivity contribution in [3.63, 3.8) is 0 Å². The van der Waals surface area contributed by atoms with Crippen LogP contribution in [0.2, 0.25) is 0 Å². The molecule has 0 saturated heterocycles. The number of rotatable bonds is 6. The van der Waals surface area contributed by atoms with E-state index < -0.39 is 18.2 Å². The lowest BCUT2D eigenvalue weighted by Gasteiger charge is -2.05. The second-order valence-electron chi connectivity index (χ2n) is 5.07. The molecule has 5 nitrogen and oxygen atoms in total. The quantitative estimate of drug-likeness (QED) is 0.619. The Balaban J connectivity index is 1.80. The summed E-state index contributed by atoms with van der Waals surface area (Å²) in [5.74, 6) is -0.962. The number of aromatic nitrogens is 1. The zero-order chi connectivity index (χ0) is 18.7. The van der Waals surface area contributed by atoms with Crippen LogP contribution in [0.1, 0.15) is 15.2 Å². The zero-order valence-corrected chi connectivity index (χ0v) is 13.9. The number of ketones is 1. The molecule has 0 aliphatic carbocycles. The largest absolute Gasteiger partial charge is 0.435 e. The van der Waals surface area contributed by atoms with Crippen LogP contribution in [0.5, 0.6) is 5.75 Å². The number of benzene rings is 2. The number of thiazole rings is 1. The van der Waals surface area contributed by atoms with Crippen molar-refractivity contribution in [2.75, 3.05) is 11.1 Å². The summed E-state index contributed by atoms with van der Waals surface area (Å²) in [6.45, 7) is -2.94. The first-order chi connectivity index (χ1) is 12.4. The molecule has 0 fully saturated rings. The van der Waals surface area contributed by atoms with Gasteiger partial charge in [-0.1, -0.05) is 23.5 Å². The first-order valence-electron chi connectivity index (χ1n) is 7.31. The molecule has 0 bridgehead atoms. The predicted octanol–water partition coefficient (Wildman–Crippen LogP) is 4.44. The maximum Gasteiger partial charge on any atom is 0.387 e. The van der Waals surface area contributed by atoms with E-state index in [9.17, 15) is 18.0 Å². The SMILES string of the molecule is Nc1nc(Nc2ccccc2F)sc1C(=O)c1ccc(OC(F)F)cc1. The van der Waals surface area contributed by atoms with Gasteiger partial charge in [-0.05, 0) is 36.4 Å². The summed E-state index contributed by atoms with van der Waals surface area (Å²) >= 11 is 0.966. The number of halogens is 3. The first kappa shape index (κ1) is 17.7. The van der Waals surface area contributed by atoms with Crippen molar-refractivity contribution in [1.29, 1.82) is 0 Å². The van der Waals surface area contributed by atoms with Crippen molar-refractivity contribution < 1.29 is 22.7 Å². The maximum atomic E-state index is 13.7. The van der Waals surface area contributed by atoms with Crippen LogP contribution in [0.15, 0.2) is 48.5 Å². The molecule has 2 aromatic carbocycles. The number of anilines is 3. The third-order valence-electron chi connectivity index (χ3n) is 3.32. The van der Waals surface area contributed by atoms with Crippen molar-refractivity contribution in [1.82, 2.24) is 4.98 Å². The Kier molecular flexibility index (Phi) is 5.08. The first-order valence-corrected chi connectivity index (χ1v) is 8.13. The van der Waals surface area contributed by atoms with Crippen molar-refractivity contribution in [2.45, 2.75) is 6.61 Å². The molecule has 3 aromatic rings. The molecule has 0 aliphatic heterocycles. The molecule has 0 radical (unpaired) electrons. The van der Waals surface area contributed by atoms with Gasteiger partial charge in [0.1, 0.15) is 22.3 Å². The Morgan fingerprint density at radius 1 is 1.15 bits per heavy atom. The lowest BCUT2D eigenvalue weighted by Crippen LogP contribution is -2.04. The van der Waals surface area contributed by atoms with E-state index in [2.05, 4.69) is 15.0 Å². The molecule has 3 rings (SSSR count). The Morgan fingerprint density at radius 3 is 2.50 bits per heavy atom. The number of hydrogen-bond donors (Lipinski definition) is 2. The standard InChI is InChI=1S/C17H12F3N3O2S/c18-11-3-1-2-4-12(11)22-17-23-15(21)14(26-17)13(24)9-5-7-10(8-6-9)25-16(19)20/h1-8,16H,21H2,(H,22,23). The number of alkyl halides is 2. The fourth-order valence-electron chi connectivity index (χ4n) is 2.14. The lowest BCUT2D eigenvalue weighted by atomic mass is 10.1. The van der Waals surface area contributed by atoms with Crippen LogP contribution in [-0.4, -0.2) is 17.4 Å². The third kappa shape index (κ3) is 3.94. The summed E-state index contributed by atoms with van der Waals surface area (Å²) in [5, 5.41) is 3.03. The van der Waals surface area contributed by atoms with Crippen molar-refractivity contribution >= 4 is 33.8 Å². The Morgan fingerprint density at radius 2 is 1.85 bits per heavy atom. The molecule has 26 heavy (non-hydrogen) atoms. The molecule has 1 aromatic heterocycles. The summed E-state index contributed by atoms with van der Waals surface area (Å²) in [4.78, 5) is 16.7. The number of carbonyl (C=O) groups is 1. The van der Waals surface area contributed by atoms with Gasteiger partial charge in [0, 0.05) is 5.56 Å². The van der Waals surface area contributed by atoms with Gasteiger partial charge in [0.15, 0.2) is 5.13 Å². The van der Waals surface area contributed by atoms with Gasteiger partial charge in [0.2, 0.25) is 5.78 Å². The minimum absolute atomic E-state index is 0.00764. The molecule has 0 saturated carbocycles. The van der Waals surface area contributed by atoms with E-state index in [1.807, 2.05) is 0 Å². The van der Waals surface area contributed by atoms with Gasteiger partial charge in [0.25, 0.3) is 0 Å². The molecule has 0 spiro atoms. The molecule has 0 unspecified atom stereocenters. The van der Waals surface area contributed by atoms with E-state index in [0.717, 1.165) is 11.3 Å². The predicted molar refractivity (Wildman–Crippen MR) is 92.7 cm³/mol. The lowest BCUT2D eigenvalue weighted by molar-refractivity contribution is -0.0498. The van der Waals surface area contributed by atoms with Crippen molar-refractivity contribution in [3.05, 3.63) is 64.8 Å². The van der Waals surface area contributed by atoms with Crippen molar-refractivity contribution in [3.8, 4) is 5.75 Å². The van der Waals surface area contributed by atoms with Crippen LogP contribution in [-0.2, 0) is 0 Å². The number of hydrogen-bond acceptors (Lipinski definition) is 6. The van der Waals surface area contributed by atoms with Crippen LogP contribution in [0, 0.1) is 5.82 Å². The van der Waals surface area contributed by atoms with E-state index in [4.69, 9.17) is 5.73 Å². The maximum absolute atomic E-state index is 13.7. The minimum Gasteiger partial charge on any atom is -0.435 e. The van der Waals surface area contributed by atoms with Crippen LogP contribution in [0.3, 0.4) is 0 Å². The highest BCUT2D eigenvalue weighted by Crippen LogP contribution is 2.30. The van der Waals surface area contributed by atoms with E-state index >= 15 is 0 Å². The highest BCUT2D eigenvalue weighted by Gasteiger charge is 2.19. The number of ether oxygens (including phenoxy) is 1. The molecule has 0 aliphatic rings. The number of para-hydroxylation sites is 1. The second kappa shape index (κ2) is 7.44. The topological polar surface area (TPSA) is 77.2 Å². The van der Waals surface area contributed by atoms with E-state index in [-0.39, 0.29) is 32.8 Å². The summed E-state index contributed by atoms with van der Waals surface area (Å²) in [6, 6.07) is 11.2. The van der Waals surface area contributed by atoms with E-state index in [0.29, 0.717) is 0 Å². The highest BCUT2D eigenvalue weighted by atomic mass is 32.1. The molecular formula is C17H12F3N3O2S. The second-order valence-corrected chi connectivity index (χ2v) is 6.07. The number of nitrogen functional groups attached to an aromatic ring is 1. The van der Waals surface area contributed by atoms with E-state index in [1.54, 1.807) is 12.1 Å². The Hall–Kier alpha value is -3.07. The van der Waals surface area contributed by atoms with Crippen LogP contribution in [0.4, 0.5) is 29.8 Å². The number of nitrogens with two attached hydrogens (primary N) is 1. The fraction of sp³-hybridized carbons (Fsp3) is 0.0588. The van der Waals surface area contributed by atoms with Gasteiger partial charge in [-0.2, -0.15) is 8.78 Å². The fourth-order valence-corrected chi connectivity index (χ4v) is 3.00. The normalized spacial score (nSPS) is 10.8. The summed E-state index contributed by atoms with van der Waals surface area (Å²) < 4.78 is 42.2. The number of carbonyl (C=O) groups excluding carboxylic acids is 1. The van der Waals surface area contributed by atoms with Crippen LogP contribution >= 0.6 is 11.3 Å². The van der Waals surface area contributed by atoms with Gasteiger partial charge in [0.05, 0.1) is 5.69 Å². The van der Waals surface area contributed by atoms with Gasteiger partial charge in [-0.3, -0.25) is 4.79 Å². The number of nitrogens with zero attached hydrogens (tertiary/aromatic N) is 1. The van der Waals surface area contributed by atoms with Crippen LogP contribution < -0.4 is 15.8 Å². The molecular weight excluding hydrogens is 367 g/mol. The summed E-state index contributed by atoms with van der Waals surface area (Å²) in [6.07, 6.45) is 0. The summed E-state index contributed by atoms with van der Waals surface area (Å²) in [7, 11) is 0. The van der Waals surface area contributed by atoms with Crippen molar-refractivity contribution in [2.24, 2.45) is 0 Å². The van der Waals surface area contributed by atoms with E-state index in [1.165, 1.54) is 36.4 Å². The zero-order valence-electron chi connectivity index (χ0n) is 13.1. The molecule has 1 heterocycles. The monoisotopic (exact) mass is 379 g/mol. The van der Waals surface area contributed by atoms with Gasteiger partial charge < -0.3 is 15.8 Å². The minimum atomic E-state index is -2.94. The number of nitrogens with one attached hydrogen (secondary N) is 1. The molecule has 3 N–H and O–H groups in total. The molecule has 0 atom stereocenters. The average Bonchev–Trinajstić information content (AvgIpc) is 2.97. The molecule has 0 amide bonds. The smallest absolute Gasteiger partial charge is 0.387 e. The van der Waals surface area contributed by atoms with Gasteiger partial charge >= 0.3 is 6.61 Å². The third-order valence-corrected chi connectivity index (χ3v) is 4.30. The van der Waals surface area contributed by atoms with Gasteiger partial charge in [-0.15, -0.1) is 0 Å². The Labute approximate surface area is 150 Å². The highest BCUT2D eigenvalue weighted by molar-refractivity contribution is 7.18. The molecule has 134 valence electrons. The average molecular weight is 379 g/mol. The Bertz CT molecular complexity index is 929. The summed E-state index contributed by atoms with van der Waals surface area (Å²) in [5.41, 5.74) is 6.23.